The minimum atomic E-state index is -1.00. The number of carboxylic acid groups (broad SMARTS) is 1. The Morgan fingerprint density at radius 3 is 2.61 bits per heavy atom. The number of nitrogens with zero attached hydrogens (tertiary/aromatic N) is 3. The molecule has 0 radical (unpaired) electrons. The minimum absolute atomic E-state index is 0.171. The standard InChI is InChI=1S/C17H15N3O3/c1-2-10-20-15-13(4-3-9-18-15)19-14(16(20)21)11-5-7-12(8-6-11)17(22)23/h3-9H,2,10H2,1H3,(H,22,23). The third-order valence-corrected chi connectivity index (χ3v) is 3.55. The molecule has 0 saturated carbocycles. The van der Waals surface area contributed by atoms with Crippen molar-refractivity contribution in [1.82, 2.24) is 14.5 Å². The zero-order chi connectivity index (χ0) is 16.4. The van der Waals surface area contributed by atoms with Crippen LogP contribution in [0.5, 0.6) is 0 Å². The summed E-state index contributed by atoms with van der Waals surface area (Å²) in [7, 11) is 0. The quantitative estimate of drug-likeness (QED) is 0.800. The molecule has 23 heavy (non-hydrogen) atoms. The maximum absolute atomic E-state index is 12.7. The van der Waals surface area contributed by atoms with Crippen LogP contribution in [-0.2, 0) is 6.54 Å². The van der Waals surface area contributed by atoms with Crippen molar-refractivity contribution in [3.8, 4) is 11.3 Å². The van der Waals surface area contributed by atoms with Crippen molar-refractivity contribution < 1.29 is 9.90 Å². The second-order valence-corrected chi connectivity index (χ2v) is 5.15. The van der Waals surface area contributed by atoms with Gasteiger partial charge in [0.15, 0.2) is 5.65 Å². The predicted octanol–water partition coefficient (Wildman–Crippen LogP) is 2.57. The maximum atomic E-state index is 12.7. The molecule has 116 valence electrons. The van der Waals surface area contributed by atoms with Gasteiger partial charge in [-0.1, -0.05) is 19.1 Å². The van der Waals surface area contributed by atoms with E-state index in [0.717, 1.165) is 6.42 Å². The number of aromatic nitrogens is 3. The van der Waals surface area contributed by atoms with Crippen molar-refractivity contribution in [3.63, 3.8) is 0 Å². The van der Waals surface area contributed by atoms with E-state index in [1.165, 1.54) is 12.1 Å². The van der Waals surface area contributed by atoms with Gasteiger partial charge in [-0.25, -0.2) is 14.8 Å². The Labute approximate surface area is 132 Å². The molecule has 6 nitrogen and oxygen atoms in total. The van der Waals surface area contributed by atoms with Crippen LogP contribution in [0.2, 0.25) is 0 Å². The number of pyridine rings is 1. The number of hydrogen-bond acceptors (Lipinski definition) is 4. The van der Waals surface area contributed by atoms with Crippen LogP contribution in [0.25, 0.3) is 22.4 Å². The molecule has 0 atom stereocenters. The minimum Gasteiger partial charge on any atom is -0.478 e. The average molecular weight is 309 g/mol. The van der Waals surface area contributed by atoms with Gasteiger partial charge in [-0.2, -0.15) is 0 Å². The molecule has 0 fully saturated rings. The molecule has 0 spiro atoms. The molecular formula is C17H15N3O3. The Morgan fingerprint density at radius 2 is 1.96 bits per heavy atom. The van der Waals surface area contributed by atoms with Crippen molar-refractivity contribution in [3.05, 3.63) is 58.5 Å². The second-order valence-electron chi connectivity index (χ2n) is 5.15. The van der Waals surface area contributed by atoms with Gasteiger partial charge >= 0.3 is 5.97 Å². The van der Waals surface area contributed by atoms with E-state index >= 15 is 0 Å². The Balaban J connectivity index is 2.23. The van der Waals surface area contributed by atoms with E-state index in [9.17, 15) is 9.59 Å². The van der Waals surface area contributed by atoms with Crippen LogP contribution in [0.4, 0.5) is 0 Å². The van der Waals surface area contributed by atoms with Gasteiger partial charge in [-0.15, -0.1) is 0 Å². The summed E-state index contributed by atoms with van der Waals surface area (Å²) in [5.41, 5.74) is 2.04. The van der Waals surface area contributed by atoms with Crippen LogP contribution in [0.3, 0.4) is 0 Å². The first-order valence-electron chi connectivity index (χ1n) is 7.31. The van der Waals surface area contributed by atoms with E-state index in [1.807, 2.05) is 13.0 Å². The van der Waals surface area contributed by atoms with E-state index in [1.54, 1.807) is 29.0 Å². The SMILES string of the molecule is CCCn1c(=O)c(-c2ccc(C(=O)O)cc2)nc2cccnc21. The highest BCUT2D eigenvalue weighted by molar-refractivity contribution is 5.88. The second kappa shape index (κ2) is 6.00. The zero-order valence-corrected chi connectivity index (χ0v) is 12.6. The van der Waals surface area contributed by atoms with Crippen LogP contribution >= 0.6 is 0 Å². The molecule has 0 bridgehead atoms. The fraction of sp³-hybridized carbons (Fsp3) is 0.176. The monoisotopic (exact) mass is 309 g/mol. The lowest BCUT2D eigenvalue weighted by Gasteiger charge is -2.10. The number of benzene rings is 1. The predicted molar refractivity (Wildman–Crippen MR) is 86.5 cm³/mol. The van der Waals surface area contributed by atoms with E-state index in [-0.39, 0.29) is 11.1 Å². The van der Waals surface area contributed by atoms with E-state index in [4.69, 9.17) is 5.11 Å². The molecule has 0 aliphatic carbocycles. The fourth-order valence-electron chi connectivity index (χ4n) is 2.47. The maximum Gasteiger partial charge on any atom is 0.335 e. The highest BCUT2D eigenvalue weighted by Gasteiger charge is 2.13. The normalized spacial score (nSPS) is 10.8. The van der Waals surface area contributed by atoms with Crippen LogP contribution in [0, 0.1) is 0 Å². The third kappa shape index (κ3) is 2.70. The number of carboxylic acids is 1. The molecular weight excluding hydrogens is 294 g/mol. The first kappa shape index (κ1) is 14.9. The van der Waals surface area contributed by atoms with Crippen LogP contribution in [0.1, 0.15) is 23.7 Å². The number of carbonyl (C=O) groups is 1. The zero-order valence-electron chi connectivity index (χ0n) is 12.6. The number of hydrogen-bond donors (Lipinski definition) is 1. The molecule has 6 heteroatoms. The summed E-state index contributed by atoms with van der Waals surface area (Å²) in [5, 5.41) is 8.97. The largest absolute Gasteiger partial charge is 0.478 e. The highest BCUT2D eigenvalue weighted by Crippen LogP contribution is 2.17. The Bertz CT molecular complexity index is 930. The topological polar surface area (TPSA) is 85.1 Å². The molecule has 0 unspecified atom stereocenters. The van der Waals surface area contributed by atoms with Crippen molar-refractivity contribution in [2.45, 2.75) is 19.9 Å². The smallest absolute Gasteiger partial charge is 0.335 e. The lowest BCUT2D eigenvalue weighted by Crippen LogP contribution is -2.24. The van der Waals surface area contributed by atoms with Gasteiger partial charge < -0.3 is 5.11 Å². The molecule has 3 aromatic rings. The molecule has 0 saturated heterocycles. The summed E-state index contributed by atoms with van der Waals surface area (Å²) in [6, 6.07) is 9.72. The van der Waals surface area contributed by atoms with E-state index in [2.05, 4.69) is 9.97 Å². The number of aromatic carboxylic acids is 1. The van der Waals surface area contributed by atoms with Crippen molar-refractivity contribution >= 4 is 17.1 Å². The Hall–Kier alpha value is -3.02. The summed E-state index contributed by atoms with van der Waals surface area (Å²) in [6.07, 6.45) is 2.43. The molecule has 1 aromatic carbocycles. The van der Waals surface area contributed by atoms with Crippen LogP contribution in [-0.4, -0.2) is 25.6 Å². The summed E-state index contributed by atoms with van der Waals surface area (Å²) >= 11 is 0. The summed E-state index contributed by atoms with van der Waals surface area (Å²) < 4.78 is 1.61. The highest BCUT2D eigenvalue weighted by atomic mass is 16.4. The van der Waals surface area contributed by atoms with Crippen LogP contribution in [0.15, 0.2) is 47.4 Å². The number of fused-ring (bicyclic) bond motifs is 1. The van der Waals surface area contributed by atoms with Gasteiger partial charge in [0, 0.05) is 18.3 Å². The number of aryl methyl sites for hydroxylation is 1. The average Bonchev–Trinajstić information content (AvgIpc) is 2.57. The van der Waals surface area contributed by atoms with Crippen molar-refractivity contribution in [2.75, 3.05) is 0 Å². The molecule has 0 amide bonds. The van der Waals surface area contributed by atoms with Crippen LogP contribution < -0.4 is 5.56 Å². The van der Waals surface area contributed by atoms with Gasteiger partial charge in [0.25, 0.3) is 5.56 Å². The molecule has 0 aliphatic heterocycles. The molecule has 3 rings (SSSR count). The van der Waals surface area contributed by atoms with Gasteiger partial charge in [-0.3, -0.25) is 9.36 Å². The van der Waals surface area contributed by atoms with Gasteiger partial charge in [0.05, 0.1) is 5.56 Å². The lowest BCUT2D eigenvalue weighted by atomic mass is 10.1. The van der Waals surface area contributed by atoms with Crippen molar-refractivity contribution in [2.24, 2.45) is 0 Å². The first-order valence-corrected chi connectivity index (χ1v) is 7.31. The fourth-order valence-corrected chi connectivity index (χ4v) is 2.47. The summed E-state index contributed by atoms with van der Waals surface area (Å²) in [5.74, 6) is -1.00. The van der Waals surface area contributed by atoms with Crippen molar-refractivity contribution in [1.29, 1.82) is 0 Å². The Kier molecular flexibility index (Phi) is 3.89. The first-order chi connectivity index (χ1) is 11.1. The summed E-state index contributed by atoms with van der Waals surface area (Å²) in [4.78, 5) is 32.4. The molecule has 2 aromatic heterocycles. The van der Waals surface area contributed by atoms with E-state index in [0.29, 0.717) is 29.0 Å². The Morgan fingerprint density at radius 1 is 1.22 bits per heavy atom. The number of rotatable bonds is 4. The molecule has 1 N–H and O–H groups in total. The van der Waals surface area contributed by atoms with Gasteiger partial charge in [0.1, 0.15) is 11.2 Å². The lowest BCUT2D eigenvalue weighted by molar-refractivity contribution is 0.0697. The van der Waals surface area contributed by atoms with Gasteiger partial charge in [0.2, 0.25) is 0 Å². The summed E-state index contributed by atoms with van der Waals surface area (Å²) in [6.45, 7) is 2.54. The molecule has 0 aliphatic rings. The van der Waals surface area contributed by atoms with E-state index < -0.39 is 5.97 Å². The third-order valence-electron chi connectivity index (χ3n) is 3.55. The molecule has 2 heterocycles. The van der Waals surface area contributed by atoms with Gasteiger partial charge in [-0.05, 0) is 30.7 Å².